The summed E-state index contributed by atoms with van der Waals surface area (Å²) in [5.74, 6) is 0.0534. The van der Waals surface area contributed by atoms with E-state index in [1.165, 1.54) is 16.7 Å². The Bertz CT molecular complexity index is 853. The van der Waals surface area contributed by atoms with Crippen molar-refractivity contribution in [2.24, 2.45) is 0 Å². The first kappa shape index (κ1) is 30.7. The zero-order valence-electron chi connectivity index (χ0n) is 19.4. The van der Waals surface area contributed by atoms with Crippen LogP contribution in [0, 0.1) is 12.7 Å². The van der Waals surface area contributed by atoms with Crippen LogP contribution >= 0.6 is 0 Å². The van der Waals surface area contributed by atoms with Crippen molar-refractivity contribution in [3.05, 3.63) is 70.0 Å². The fourth-order valence-electron chi connectivity index (χ4n) is 3.71. The topological polar surface area (TPSA) is 0 Å². The molecule has 0 amide bonds. The first-order valence-electron chi connectivity index (χ1n) is 10.1. The largest absolute Gasteiger partial charge is 0.673 e. The highest BCUT2D eigenvalue weighted by Crippen LogP contribution is 2.38. The molecule has 34 heavy (non-hydrogen) atoms. The van der Waals surface area contributed by atoms with Gasteiger partial charge in [0.15, 0.2) is 0 Å². The summed E-state index contributed by atoms with van der Waals surface area (Å²) >= 11 is 0. The van der Waals surface area contributed by atoms with E-state index >= 15 is 4.39 Å². The molecule has 192 valence electrons. The third kappa shape index (κ3) is 10.5. The molecule has 3 rings (SSSR count). The normalized spacial score (nSPS) is 18.0. The van der Waals surface area contributed by atoms with Gasteiger partial charge in [0.05, 0.1) is 25.0 Å². The molecular formula is C21H27B2F9S2. The molecule has 2 aromatic rings. The zero-order chi connectivity index (χ0) is 26.4. The van der Waals surface area contributed by atoms with Gasteiger partial charge in [0.1, 0.15) is 16.3 Å². The summed E-state index contributed by atoms with van der Waals surface area (Å²) in [6, 6.07) is 12.7. The van der Waals surface area contributed by atoms with E-state index in [0.717, 1.165) is 24.0 Å². The number of hydrogen-bond acceptors (Lipinski definition) is 0. The van der Waals surface area contributed by atoms with E-state index in [1.54, 1.807) is 0 Å². The maximum atomic E-state index is 15.5. The summed E-state index contributed by atoms with van der Waals surface area (Å²) in [4.78, 5) is 0. The molecule has 0 saturated heterocycles. The lowest BCUT2D eigenvalue weighted by molar-refractivity contribution is 0.366. The van der Waals surface area contributed by atoms with Gasteiger partial charge in [0, 0.05) is 24.0 Å². The maximum absolute atomic E-state index is 15.5. The predicted octanol–water partition coefficient (Wildman–Crippen LogP) is 7.37. The fraction of sp³-hybridized carbons (Fsp3) is 0.429. The van der Waals surface area contributed by atoms with Crippen molar-refractivity contribution in [1.82, 2.24) is 0 Å². The molecule has 0 radical (unpaired) electrons. The zero-order valence-corrected chi connectivity index (χ0v) is 21.0. The molecule has 0 saturated carbocycles. The van der Waals surface area contributed by atoms with Gasteiger partial charge in [0.25, 0.3) is 0 Å². The van der Waals surface area contributed by atoms with Crippen molar-refractivity contribution in [3.8, 4) is 0 Å². The minimum atomic E-state index is -6.00. The lowest BCUT2D eigenvalue weighted by Crippen LogP contribution is -2.21. The summed E-state index contributed by atoms with van der Waals surface area (Å²) in [6.45, 7) is 2.25. The molecule has 13 heteroatoms. The van der Waals surface area contributed by atoms with Gasteiger partial charge in [-0.2, -0.15) is 0 Å². The van der Waals surface area contributed by atoms with E-state index < -0.39 is 14.5 Å². The molecule has 4 bridgehead atoms. The second kappa shape index (κ2) is 12.6. The molecule has 2 unspecified atom stereocenters. The summed E-state index contributed by atoms with van der Waals surface area (Å²) in [7, 11) is -11.7. The molecule has 0 nitrogen and oxygen atoms in total. The highest BCUT2D eigenvalue weighted by Gasteiger charge is 2.35. The predicted molar refractivity (Wildman–Crippen MR) is 129 cm³/mol. The second-order valence-corrected chi connectivity index (χ2v) is 12.7. The van der Waals surface area contributed by atoms with Crippen molar-refractivity contribution in [3.63, 3.8) is 0 Å². The van der Waals surface area contributed by atoms with Crippen LogP contribution in [0.15, 0.2) is 36.4 Å². The Morgan fingerprint density at radius 3 is 1.24 bits per heavy atom. The van der Waals surface area contributed by atoms with Crippen molar-refractivity contribution >= 4 is 36.3 Å². The molecule has 0 aliphatic heterocycles. The maximum Gasteiger partial charge on any atom is 0.673 e. The lowest BCUT2D eigenvalue weighted by atomic mass is 9.90. The van der Waals surface area contributed by atoms with Crippen molar-refractivity contribution < 1.29 is 38.9 Å². The highest BCUT2D eigenvalue weighted by atomic mass is 32.2. The Kier molecular flexibility index (Phi) is 11.3. The van der Waals surface area contributed by atoms with Crippen LogP contribution in [-0.2, 0) is 34.6 Å². The van der Waals surface area contributed by atoms with Crippen molar-refractivity contribution in [2.75, 3.05) is 25.0 Å². The van der Waals surface area contributed by atoms with Crippen LogP contribution in [0.1, 0.15) is 38.3 Å². The number of benzene rings is 2. The SMILES string of the molecule is Cc1c2cccc1CC([S+](C)C)c1cccc(c1F)C([S+](C)C)C2.F[B-](F)(F)F.F[B-](F)(F)F. The van der Waals surface area contributed by atoms with Crippen LogP contribution in [0.4, 0.5) is 38.9 Å². The van der Waals surface area contributed by atoms with Crippen LogP contribution in [-0.4, -0.2) is 39.5 Å². The van der Waals surface area contributed by atoms with Crippen LogP contribution in [0.25, 0.3) is 0 Å². The molecule has 2 atom stereocenters. The number of fused-ring (bicyclic) bond motifs is 4. The van der Waals surface area contributed by atoms with Crippen molar-refractivity contribution in [1.29, 1.82) is 0 Å². The Hall–Kier alpha value is -1.36. The van der Waals surface area contributed by atoms with Gasteiger partial charge in [0.2, 0.25) is 0 Å². The number of hydrogen-bond donors (Lipinski definition) is 0. The first-order valence-corrected chi connectivity index (χ1v) is 14.3. The van der Waals surface area contributed by atoms with Crippen LogP contribution < -0.4 is 0 Å². The third-order valence-corrected chi connectivity index (χ3v) is 8.38. The highest BCUT2D eigenvalue weighted by molar-refractivity contribution is 7.96. The Morgan fingerprint density at radius 1 is 0.647 bits per heavy atom. The molecule has 0 heterocycles. The lowest BCUT2D eigenvalue weighted by Gasteiger charge is -2.24. The van der Waals surface area contributed by atoms with E-state index in [2.05, 4.69) is 56.2 Å². The molecule has 1 aliphatic rings. The molecule has 0 spiro atoms. The summed E-state index contributed by atoms with van der Waals surface area (Å²) < 4.78 is 93.5. The quantitative estimate of drug-likeness (QED) is 0.214. The summed E-state index contributed by atoms with van der Waals surface area (Å²) in [6.07, 6.45) is 10.8. The number of rotatable bonds is 2. The average Bonchev–Trinajstić information content (AvgIpc) is 2.63. The van der Waals surface area contributed by atoms with E-state index in [4.69, 9.17) is 0 Å². The smallest absolute Gasteiger partial charge is 0.418 e. The molecular weight excluding hydrogens is 509 g/mol. The van der Waals surface area contributed by atoms with Crippen LogP contribution in [0.3, 0.4) is 0 Å². The monoisotopic (exact) mass is 536 g/mol. The Morgan fingerprint density at radius 2 is 0.941 bits per heavy atom. The van der Waals surface area contributed by atoms with Gasteiger partial charge in [-0.1, -0.05) is 36.4 Å². The minimum Gasteiger partial charge on any atom is -0.418 e. The van der Waals surface area contributed by atoms with E-state index in [1.807, 2.05) is 12.1 Å². The molecule has 0 aromatic heterocycles. The second-order valence-electron chi connectivity index (χ2n) is 8.09. The third-order valence-electron chi connectivity index (χ3n) is 5.26. The van der Waals surface area contributed by atoms with E-state index in [0.29, 0.717) is 0 Å². The number of halogens is 9. The van der Waals surface area contributed by atoms with Gasteiger partial charge in [-0.3, -0.25) is 0 Å². The van der Waals surface area contributed by atoms with Gasteiger partial charge in [-0.25, -0.2) is 4.39 Å². The van der Waals surface area contributed by atoms with Crippen LogP contribution in [0.5, 0.6) is 0 Å². The molecule has 0 fully saturated rings. The average molecular weight is 536 g/mol. The molecule has 1 aliphatic carbocycles. The molecule has 0 N–H and O–H groups in total. The van der Waals surface area contributed by atoms with E-state index in [-0.39, 0.29) is 38.1 Å². The van der Waals surface area contributed by atoms with Gasteiger partial charge < -0.3 is 34.5 Å². The minimum absolute atomic E-state index is 0.0534. The Balaban J connectivity index is 0.000000489. The molecule has 2 aromatic carbocycles. The first-order chi connectivity index (χ1) is 15.4. The van der Waals surface area contributed by atoms with Crippen LogP contribution in [0.2, 0.25) is 0 Å². The van der Waals surface area contributed by atoms with Gasteiger partial charge >= 0.3 is 14.5 Å². The summed E-state index contributed by atoms with van der Waals surface area (Å²) in [5.41, 5.74) is 6.02. The van der Waals surface area contributed by atoms with Crippen molar-refractivity contribution in [2.45, 2.75) is 30.3 Å². The van der Waals surface area contributed by atoms with Gasteiger partial charge in [-0.15, -0.1) is 0 Å². The van der Waals surface area contributed by atoms with Gasteiger partial charge in [-0.05, 0) is 45.4 Å². The Labute approximate surface area is 200 Å². The standard InChI is InChI=1S/C21H27FS2.2BF4/c1-14-15-8-6-9-16(14)13-20(24(4)5)18-11-7-10-17(21(18)22)19(12-15)23(2)3;2*2-1(3,4)5/h6-11,19-20H,12-13H2,1-5H3;;/q+2;2*-1. The van der Waals surface area contributed by atoms with E-state index in [9.17, 15) is 34.5 Å². The fourth-order valence-corrected chi connectivity index (χ4v) is 6.11. The summed E-state index contributed by atoms with van der Waals surface area (Å²) in [5, 5.41) is 0.515.